The average molecular weight is 181 g/mol. The summed E-state index contributed by atoms with van der Waals surface area (Å²) in [4.78, 5) is 2.50. The first kappa shape index (κ1) is 10.8. The second-order valence-electron chi connectivity index (χ2n) is 4.90. The van der Waals surface area contributed by atoms with E-state index in [9.17, 15) is 0 Å². The molecule has 0 unspecified atom stereocenters. The van der Waals surface area contributed by atoms with Gasteiger partial charge in [-0.25, -0.2) is 0 Å². The van der Waals surface area contributed by atoms with Crippen LogP contribution in [0.5, 0.6) is 0 Å². The van der Waals surface area contributed by atoms with Crippen LogP contribution in [0.25, 0.3) is 0 Å². The Bertz CT molecular complexity index is 164. The minimum Gasteiger partial charge on any atom is -0.300 e. The van der Waals surface area contributed by atoms with E-state index in [1.54, 1.807) is 0 Å². The lowest BCUT2D eigenvalue weighted by Crippen LogP contribution is -2.41. The first-order valence-corrected chi connectivity index (χ1v) is 5.42. The van der Waals surface area contributed by atoms with E-state index in [1.807, 2.05) is 6.08 Å². The second-order valence-corrected chi connectivity index (χ2v) is 4.90. The van der Waals surface area contributed by atoms with Crippen LogP contribution in [-0.2, 0) is 0 Å². The summed E-state index contributed by atoms with van der Waals surface area (Å²) in [6.45, 7) is 14.5. The molecule has 0 aromatic heterocycles. The van der Waals surface area contributed by atoms with Gasteiger partial charge in [0.25, 0.3) is 0 Å². The molecule has 0 aromatic rings. The molecule has 0 N–H and O–H groups in total. The molecule has 1 nitrogen and oxygen atoms in total. The summed E-state index contributed by atoms with van der Waals surface area (Å²) in [5.41, 5.74) is 0.581. The molecule has 0 bridgehead atoms. The van der Waals surface area contributed by atoms with E-state index >= 15 is 0 Å². The fourth-order valence-corrected chi connectivity index (χ4v) is 2.01. The standard InChI is InChI=1S/C12H23N/c1-5-8-13-9-6-12(4,7-10-13)11(2)3/h5,11H,1,6-10H2,2-4H3. The van der Waals surface area contributed by atoms with Crippen molar-refractivity contribution in [2.45, 2.75) is 33.6 Å². The van der Waals surface area contributed by atoms with Crippen molar-refractivity contribution >= 4 is 0 Å². The molecule has 1 fully saturated rings. The van der Waals surface area contributed by atoms with Crippen molar-refractivity contribution in [3.8, 4) is 0 Å². The fraction of sp³-hybridized carbons (Fsp3) is 0.833. The van der Waals surface area contributed by atoms with Crippen molar-refractivity contribution in [1.29, 1.82) is 0 Å². The van der Waals surface area contributed by atoms with Crippen LogP contribution in [0.15, 0.2) is 12.7 Å². The topological polar surface area (TPSA) is 3.24 Å². The van der Waals surface area contributed by atoms with E-state index in [0.717, 1.165) is 12.5 Å². The lowest BCUT2D eigenvalue weighted by molar-refractivity contribution is 0.0850. The molecular formula is C12H23N. The Morgan fingerprint density at radius 3 is 2.31 bits per heavy atom. The van der Waals surface area contributed by atoms with Gasteiger partial charge in [0.2, 0.25) is 0 Å². The number of hydrogen-bond donors (Lipinski definition) is 0. The summed E-state index contributed by atoms with van der Waals surface area (Å²) >= 11 is 0. The lowest BCUT2D eigenvalue weighted by Gasteiger charge is -2.42. The van der Waals surface area contributed by atoms with Crippen LogP contribution >= 0.6 is 0 Å². The molecule has 1 rings (SSSR count). The molecule has 0 saturated carbocycles. The van der Waals surface area contributed by atoms with Gasteiger partial charge in [0.05, 0.1) is 0 Å². The Morgan fingerprint density at radius 1 is 1.38 bits per heavy atom. The lowest BCUT2D eigenvalue weighted by atomic mass is 9.72. The van der Waals surface area contributed by atoms with Gasteiger partial charge in [-0.3, -0.25) is 4.90 Å². The van der Waals surface area contributed by atoms with Crippen LogP contribution in [0.3, 0.4) is 0 Å². The Labute approximate surface area is 82.8 Å². The predicted molar refractivity (Wildman–Crippen MR) is 58.8 cm³/mol. The quantitative estimate of drug-likeness (QED) is 0.605. The number of rotatable bonds is 3. The predicted octanol–water partition coefficient (Wildman–Crippen LogP) is 2.93. The zero-order valence-corrected chi connectivity index (χ0v) is 9.34. The Kier molecular flexibility index (Phi) is 3.55. The summed E-state index contributed by atoms with van der Waals surface area (Å²) in [5.74, 6) is 0.818. The molecule has 0 aromatic carbocycles. The van der Waals surface area contributed by atoms with Gasteiger partial charge in [-0.15, -0.1) is 6.58 Å². The van der Waals surface area contributed by atoms with Gasteiger partial charge >= 0.3 is 0 Å². The summed E-state index contributed by atoms with van der Waals surface area (Å²) in [6.07, 6.45) is 4.70. The third-order valence-corrected chi connectivity index (χ3v) is 3.78. The van der Waals surface area contributed by atoms with Crippen molar-refractivity contribution in [1.82, 2.24) is 4.90 Å². The van der Waals surface area contributed by atoms with Gasteiger partial charge in [-0.05, 0) is 37.3 Å². The largest absolute Gasteiger partial charge is 0.300 e. The molecule has 1 aliphatic rings. The minimum atomic E-state index is 0.581. The number of nitrogens with zero attached hydrogens (tertiary/aromatic N) is 1. The number of likely N-dealkylation sites (tertiary alicyclic amines) is 1. The molecule has 1 aliphatic heterocycles. The van der Waals surface area contributed by atoms with Gasteiger partial charge in [-0.1, -0.05) is 26.8 Å². The SMILES string of the molecule is C=CCN1CCC(C)(C(C)C)CC1. The van der Waals surface area contributed by atoms with Crippen molar-refractivity contribution in [2.75, 3.05) is 19.6 Å². The van der Waals surface area contributed by atoms with E-state index in [1.165, 1.54) is 25.9 Å². The fourth-order valence-electron chi connectivity index (χ4n) is 2.01. The summed E-state index contributed by atoms with van der Waals surface area (Å²) < 4.78 is 0. The van der Waals surface area contributed by atoms with Gasteiger partial charge in [0, 0.05) is 6.54 Å². The molecule has 0 atom stereocenters. The average Bonchev–Trinajstić information content (AvgIpc) is 2.09. The third kappa shape index (κ3) is 2.57. The number of piperidine rings is 1. The van der Waals surface area contributed by atoms with E-state index in [-0.39, 0.29) is 0 Å². The van der Waals surface area contributed by atoms with Crippen LogP contribution in [0.1, 0.15) is 33.6 Å². The zero-order chi connectivity index (χ0) is 9.90. The van der Waals surface area contributed by atoms with E-state index in [0.29, 0.717) is 5.41 Å². The van der Waals surface area contributed by atoms with Crippen molar-refractivity contribution in [2.24, 2.45) is 11.3 Å². The van der Waals surface area contributed by atoms with Crippen LogP contribution in [0.2, 0.25) is 0 Å². The van der Waals surface area contributed by atoms with Crippen molar-refractivity contribution in [3.05, 3.63) is 12.7 Å². The molecule has 1 saturated heterocycles. The number of hydrogen-bond acceptors (Lipinski definition) is 1. The van der Waals surface area contributed by atoms with Gasteiger partial charge in [-0.2, -0.15) is 0 Å². The first-order chi connectivity index (χ1) is 6.08. The monoisotopic (exact) mass is 181 g/mol. The second kappa shape index (κ2) is 4.28. The molecule has 76 valence electrons. The molecule has 0 aliphatic carbocycles. The normalized spacial score (nSPS) is 23.4. The van der Waals surface area contributed by atoms with E-state index < -0.39 is 0 Å². The van der Waals surface area contributed by atoms with E-state index in [2.05, 4.69) is 32.3 Å². The molecule has 0 radical (unpaired) electrons. The molecule has 0 spiro atoms. The highest BCUT2D eigenvalue weighted by Crippen LogP contribution is 2.37. The third-order valence-electron chi connectivity index (χ3n) is 3.78. The maximum absolute atomic E-state index is 3.78. The highest BCUT2D eigenvalue weighted by Gasteiger charge is 2.32. The minimum absolute atomic E-state index is 0.581. The molecule has 13 heavy (non-hydrogen) atoms. The maximum Gasteiger partial charge on any atom is 0.0160 e. The highest BCUT2D eigenvalue weighted by atomic mass is 15.1. The van der Waals surface area contributed by atoms with Crippen molar-refractivity contribution in [3.63, 3.8) is 0 Å². The van der Waals surface area contributed by atoms with Crippen LogP contribution in [0.4, 0.5) is 0 Å². The van der Waals surface area contributed by atoms with Crippen LogP contribution in [-0.4, -0.2) is 24.5 Å². The Balaban J connectivity index is 2.41. The smallest absolute Gasteiger partial charge is 0.0160 e. The highest BCUT2D eigenvalue weighted by molar-refractivity contribution is 4.86. The summed E-state index contributed by atoms with van der Waals surface area (Å²) in [7, 11) is 0. The first-order valence-electron chi connectivity index (χ1n) is 5.42. The van der Waals surface area contributed by atoms with Gasteiger partial charge in [0.1, 0.15) is 0 Å². The molecule has 0 amide bonds. The molecule has 1 heterocycles. The Hall–Kier alpha value is -0.300. The van der Waals surface area contributed by atoms with E-state index in [4.69, 9.17) is 0 Å². The zero-order valence-electron chi connectivity index (χ0n) is 9.34. The molecule has 1 heteroatoms. The molecular weight excluding hydrogens is 158 g/mol. The summed E-state index contributed by atoms with van der Waals surface area (Å²) in [5, 5.41) is 0. The maximum atomic E-state index is 3.78. The van der Waals surface area contributed by atoms with Crippen molar-refractivity contribution < 1.29 is 0 Å². The van der Waals surface area contributed by atoms with Crippen LogP contribution in [0, 0.1) is 11.3 Å². The van der Waals surface area contributed by atoms with Gasteiger partial charge in [0.15, 0.2) is 0 Å². The van der Waals surface area contributed by atoms with Crippen LogP contribution < -0.4 is 0 Å². The summed E-state index contributed by atoms with van der Waals surface area (Å²) in [6, 6.07) is 0. The Morgan fingerprint density at radius 2 is 1.92 bits per heavy atom. The van der Waals surface area contributed by atoms with Gasteiger partial charge < -0.3 is 0 Å².